The second-order valence-electron chi connectivity index (χ2n) is 6.84. The van der Waals surface area contributed by atoms with Crippen molar-refractivity contribution in [2.75, 3.05) is 38.3 Å². The number of piperidine rings is 1. The molecule has 1 aromatic carbocycles. The fraction of sp³-hybridized carbons (Fsp3) is 0.429. The average molecular weight is 371 g/mol. The molecule has 27 heavy (non-hydrogen) atoms. The fourth-order valence-electron chi connectivity index (χ4n) is 3.11. The predicted octanol–water partition coefficient (Wildman–Crippen LogP) is 4.05. The van der Waals surface area contributed by atoms with Crippen LogP contribution in [-0.2, 0) is 4.74 Å². The lowest BCUT2D eigenvalue weighted by Gasteiger charge is -2.36. The highest BCUT2D eigenvalue weighted by atomic mass is 19.1. The van der Waals surface area contributed by atoms with Gasteiger partial charge >= 0.3 is 0 Å². The number of benzene rings is 1. The second kappa shape index (κ2) is 8.48. The Morgan fingerprint density at radius 1 is 1.19 bits per heavy atom. The topological polar surface area (TPSA) is 47.5 Å². The molecule has 3 rings (SSSR count). The number of anilines is 1. The van der Waals surface area contributed by atoms with Crippen molar-refractivity contribution in [1.29, 1.82) is 0 Å². The smallest absolute Gasteiger partial charge is 0.225 e. The van der Waals surface area contributed by atoms with Gasteiger partial charge in [0, 0.05) is 44.8 Å². The van der Waals surface area contributed by atoms with Crippen molar-refractivity contribution in [3.8, 4) is 17.0 Å². The van der Waals surface area contributed by atoms with Crippen molar-refractivity contribution in [2.24, 2.45) is 0 Å². The minimum Gasteiger partial charge on any atom is -0.491 e. The number of hydrogen-bond donors (Lipinski definition) is 0. The molecule has 0 spiro atoms. The monoisotopic (exact) mass is 371 g/mol. The lowest BCUT2D eigenvalue weighted by Crippen LogP contribution is -2.43. The summed E-state index contributed by atoms with van der Waals surface area (Å²) < 4.78 is 25.3. The average Bonchev–Trinajstić information content (AvgIpc) is 2.69. The molecule has 2 heterocycles. The number of allylic oxidation sites excluding steroid dienone is 1. The number of rotatable bonds is 7. The zero-order chi connectivity index (χ0) is 19.3. The summed E-state index contributed by atoms with van der Waals surface area (Å²) >= 11 is 0. The highest BCUT2D eigenvalue weighted by Gasteiger charge is 2.35. The standard InChI is InChI=1S/C21H26FN3O2/c1-16(2)21(22)9-12-25(13-10-21)20-23-11-8-19(24-20)17-4-6-18(7-5-17)27-15-14-26-3/h4-8,11H,1,9-10,12-15H2,2-3H3. The molecule has 0 radical (unpaired) electrons. The van der Waals surface area contributed by atoms with Crippen LogP contribution in [0.25, 0.3) is 11.3 Å². The molecule has 0 N–H and O–H groups in total. The van der Waals surface area contributed by atoms with E-state index in [2.05, 4.69) is 16.5 Å². The van der Waals surface area contributed by atoms with Crippen molar-refractivity contribution in [3.63, 3.8) is 0 Å². The van der Waals surface area contributed by atoms with Crippen molar-refractivity contribution in [2.45, 2.75) is 25.4 Å². The second-order valence-corrected chi connectivity index (χ2v) is 6.84. The third kappa shape index (κ3) is 4.63. The molecule has 0 aliphatic carbocycles. The van der Waals surface area contributed by atoms with Gasteiger partial charge in [0.1, 0.15) is 18.0 Å². The predicted molar refractivity (Wildman–Crippen MR) is 105 cm³/mol. The van der Waals surface area contributed by atoms with E-state index in [-0.39, 0.29) is 0 Å². The Balaban J connectivity index is 1.68. The fourth-order valence-corrected chi connectivity index (χ4v) is 3.11. The molecule has 0 atom stereocenters. The van der Waals surface area contributed by atoms with Crippen molar-refractivity contribution >= 4 is 5.95 Å². The lowest BCUT2D eigenvalue weighted by atomic mass is 9.88. The van der Waals surface area contributed by atoms with E-state index in [1.165, 1.54) is 0 Å². The van der Waals surface area contributed by atoms with Crippen LogP contribution in [0, 0.1) is 0 Å². The van der Waals surface area contributed by atoms with Crippen LogP contribution in [0.3, 0.4) is 0 Å². The molecule has 5 nitrogen and oxygen atoms in total. The first kappa shape index (κ1) is 19.3. The molecule has 0 unspecified atom stereocenters. The zero-order valence-corrected chi connectivity index (χ0v) is 15.9. The van der Waals surface area contributed by atoms with Gasteiger partial charge in [0.05, 0.1) is 12.3 Å². The van der Waals surface area contributed by atoms with Gasteiger partial charge in [-0.1, -0.05) is 6.58 Å². The van der Waals surface area contributed by atoms with E-state index < -0.39 is 5.67 Å². The number of halogens is 1. The van der Waals surface area contributed by atoms with Crippen LogP contribution in [0.2, 0.25) is 0 Å². The quantitative estimate of drug-likeness (QED) is 0.543. The number of aromatic nitrogens is 2. The van der Waals surface area contributed by atoms with E-state index in [0.29, 0.717) is 50.7 Å². The number of ether oxygens (including phenoxy) is 2. The summed E-state index contributed by atoms with van der Waals surface area (Å²) in [5.41, 5.74) is 1.15. The summed E-state index contributed by atoms with van der Waals surface area (Å²) in [6.07, 6.45) is 2.59. The maximum atomic E-state index is 14.7. The number of hydrogen-bond acceptors (Lipinski definition) is 5. The van der Waals surface area contributed by atoms with Gasteiger partial charge in [0.2, 0.25) is 5.95 Å². The van der Waals surface area contributed by atoms with Crippen LogP contribution >= 0.6 is 0 Å². The molecule has 0 amide bonds. The van der Waals surface area contributed by atoms with Gasteiger partial charge in [-0.25, -0.2) is 14.4 Å². The molecule has 0 saturated carbocycles. The van der Waals surface area contributed by atoms with Gasteiger partial charge in [-0.15, -0.1) is 0 Å². The maximum absolute atomic E-state index is 14.7. The Bertz CT molecular complexity index is 771. The Kier molecular flexibility index (Phi) is 6.06. The first-order chi connectivity index (χ1) is 13.0. The van der Waals surface area contributed by atoms with Crippen LogP contribution in [0.15, 0.2) is 48.7 Å². The van der Waals surface area contributed by atoms with Gasteiger partial charge in [-0.05, 0) is 42.8 Å². The van der Waals surface area contributed by atoms with Gasteiger partial charge in [-0.2, -0.15) is 0 Å². The van der Waals surface area contributed by atoms with E-state index in [9.17, 15) is 4.39 Å². The largest absolute Gasteiger partial charge is 0.491 e. The van der Waals surface area contributed by atoms with E-state index in [1.807, 2.05) is 35.2 Å². The molecule has 144 valence electrons. The number of nitrogens with zero attached hydrogens (tertiary/aromatic N) is 3. The third-order valence-electron chi connectivity index (χ3n) is 4.95. The summed E-state index contributed by atoms with van der Waals surface area (Å²) in [5.74, 6) is 1.43. The Labute approximate surface area is 159 Å². The van der Waals surface area contributed by atoms with Gasteiger partial charge in [0.15, 0.2) is 0 Å². The molecular weight excluding hydrogens is 345 g/mol. The van der Waals surface area contributed by atoms with Gasteiger partial charge < -0.3 is 14.4 Å². The van der Waals surface area contributed by atoms with E-state index >= 15 is 0 Å². The molecule has 1 saturated heterocycles. The summed E-state index contributed by atoms with van der Waals surface area (Å²) in [6, 6.07) is 9.65. The lowest BCUT2D eigenvalue weighted by molar-refractivity contribution is 0.146. The van der Waals surface area contributed by atoms with E-state index in [1.54, 1.807) is 20.2 Å². The van der Waals surface area contributed by atoms with Crippen LogP contribution in [0.4, 0.5) is 10.3 Å². The van der Waals surface area contributed by atoms with Crippen LogP contribution in [0.1, 0.15) is 19.8 Å². The normalized spacial score (nSPS) is 16.2. The third-order valence-corrected chi connectivity index (χ3v) is 4.95. The minimum absolute atomic E-state index is 0.420. The summed E-state index contributed by atoms with van der Waals surface area (Å²) in [4.78, 5) is 11.1. The number of alkyl halides is 1. The highest BCUT2D eigenvalue weighted by Crippen LogP contribution is 2.34. The Hall–Kier alpha value is -2.47. The molecule has 1 aliphatic heterocycles. The molecular formula is C21H26FN3O2. The minimum atomic E-state index is -1.27. The highest BCUT2D eigenvalue weighted by molar-refractivity contribution is 5.61. The molecule has 1 fully saturated rings. The van der Waals surface area contributed by atoms with E-state index in [4.69, 9.17) is 9.47 Å². The zero-order valence-electron chi connectivity index (χ0n) is 15.9. The molecule has 2 aromatic rings. The first-order valence-corrected chi connectivity index (χ1v) is 9.17. The summed E-state index contributed by atoms with van der Waals surface area (Å²) in [6.45, 7) is 7.79. The SMILES string of the molecule is C=C(C)C1(F)CCN(c2nccc(-c3ccc(OCCOC)cc3)n2)CC1. The van der Waals surface area contributed by atoms with Crippen molar-refractivity contribution in [1.82, 2.24) is 9.97 Å². The molecule has 0 bridgehead atoms. The van der Waals surface area contributed by atoms with Crippen molar-refractivity contribution in [3.05, 3.63) is 48.7 Å². The molecule has 1 aliphatic rings. The first-order valence-electron chi connectivity index (χ1n) is 9.17. The summed E-state index contributed by atoms with van der Waals surface area (Å²) in [7, 11) is 1.65. The molecule has 6 heteroatoms. The van der Waals surface area contributed by atoms with Crippen LogP contribution in [0.5, 0.6) is 5.75 Å². The van der Waals surface area contributed by atoms with Gasteiger partial charge in [-0.3, -0.25) is 0 Å². The maximum Gasteiger partial charge on any atom is 0.225 e. The summed E-state index contributed by atoms with van der Waals surface area (Å²) in [5, 5.41) is 0. The van der Waals surface area contributed by atoms with Crippen LogP contribution < -0.4 is 9.64 Å². The van der Waals surface area contributed by atoms with E-state index in [0.717, 1.165) is 17.0 Å². The van der Waals surface area contributed by atoms with Crippen LogP contribution in [-0.4, -0.2) is 49.0 Å². The Morgan fingerprint density at radius 2 is 1.89 bits per heavy atom. The van der Waals surface area contributed by atoms with Crippen molar-refractivity contribution < 1.29 is 13.9 Å². The Morgan fingerprint density at radius 3 is 2.52 bits per heavy atom. The molecule has 1 aromatic heterocycles. The number of methoxy groups -OCH3 is 1. The van der Waals surface area contributed by atoms with Gasteiger partial charge in [0.25, 0.3) is 0 Å².